The number of anilines is 1. The molecular weight excluding hydrogens is 337 g/mol. The maximum atomic E-state index is 13.6. The first-order valence-corrected chi connectivity index (χ1v) is 7.30. The third kappa shape index (κ3) is 4.95. The third-order valence-corrected chi connectivity index (χ3v) is 3.84. The number of nitrogens with one attached hydrogen (secondary N) is 1. The summed E-state index contributed by atoms with van der Waals surface area (Å²) < 4.78 is 63.3. The lowest BCUT2D eigenvalue weighted by molar-refractivity contribution is -0.105. The number of alkyl halides is 3. The molecule has 1 amide bonds. The van der Waals surface area contributed by atoms with Crippen LogP contribution in [0, 0.1) is 11.6 Å². The number of carbonyl (C=O) groups excluding carboxylic acids is 1. The Bertz CT molecular complexity index is 717. The molecule has 0 saturated heterocycles. The van der Waals surface area contributed by atoms with Gasteiger partial charge in [0.25, 0.3) is 5.91 Å². The normalized spacial score (nSPS) is 11.3. The summed E-state index contributed by atoms with van der Waals surface area (Å²) in [5, 5.41) is 2.33. The van der Waals surface area contributed by atoms with E-state index in [1.807, 2.05) is 0 Å². The van der Waals surface area contributed by atoms with Crippen molar-refractivity contribution in [3.8, 4) is 0 Å². The Balaban J connectivity index is 2.18. The fraction of sp³-hybridized carbons (Fsp3) is 0.133. The average Bonchev–Trinajstić information content (AvgIpc) is 2.45. The van der Waals surface area contributed by atoms with Crippen LogP contribution in [0.3, 0.4) is 0 Å². The molecule has 2 aromatic carbocycles. The van der Waals surface area contributed by atoms with Crippen LogP contribution < -0.4 is 5.32 Å². The Morgan fingerprint density at radius 2 is 1.78 bits per heavy atom. The van der Waals surface area contributed by atoms with Crippen molar-refractivity contribution >= 4 is 23.4 Å². The summed E-state index contributed by atoms with van der Waals surface area (Å²) in [4.78, 5) is 12.2. The second-order valence-electron chi connectivity index (χ2n) is 4.48. The Morgan fingerprint density at radius 3 is 2.43 bits per heavy atom. The highest BCUT2D eigenvalue weighted by Gasteiger charge is 2.27. The van der Waals surface area contributed by atoms with Crippen LogP contribution in [0.15, 0.2) is 47.4 Å². The summed E-state index contributed by atoms with van der Waals surface area (Å²) in [5.41, 5.74) is -0.280. The zero-order chi connectivity index (χ0) is 17.0. The van der Waals surface area contributed by atoms with Crippen LogP contribution in [0.4, 0.5) is 27.6 Å². The monoisotopic (exact) mass is 347 g/mol. The standard InChI is InChI=1S/C15H10F5NOS/c16-9-5-6-10(11(17)7-9)14(22)21-12-3-1-2-4-13(12)23-8-15(18,19)20/h1-7H,8H2,(H,21,22). The number of para-hydroxylation sites is 1. The molecule has 0 bridgehead atoms. The van der Waals surface area contributed by atoms with E-state index in [0.717, 1.165) is 12.1 Å². The first kappa shape index (κ1) is 17.3. The van der Waals surface area contributed by atoms with Crippen molar-refractivity contribution in [3.63, 3.8) is 0 Å². The number of amides is 1. The first-order chi connectivity index (χ1) is 10.8. The maximum absolute atomic E-state index is 13.6. The van der Waals surface area contributed by atoms with Crippen molar-refractivity contribution in [3.05, 3.63) is 59.7 Å². The molecule has 2 nitrogen and oxygen atoms in total. The van der Waals surface area contributed by atoms with Gasteiger partial charge in [0, 0.05) is 11.0 Å². The van der Waals surface area contributed by atoms with Gasteiger partial charge in [-0.15, -0.1) is 11.8 Å². The van der Waals surface area contributed by atoms with Crippen molar-refractivity contribution in [2.45, 2.75) is 11.1 Å². The van der Waals surface area contributed by atoms with Crippen molar-refractivity contribution in [2.24, 2.45) is 0 Å². The second-order valence-corrected chi connectivity index (χ2v) is 5.50. The third-order valence-electron chi connectivity index (χ3n) is 2.70. The molecule has 0 aliphatic rings. The Labute approximate surface area is 132 Å². The zero-order valence-electron chi connectivity index (χ0n) is 11.5. The van der Waals surface area contributed by atoms with E-state index in [2.05, 4.69) is 5.32 Å². The summed E-state index contributed by atoms with van der Waals surface area (Å²) in [6, 6.07) is 8.29. The summed E-state index contributed by atoms with van der Waals surface area (Å²) in [6.07, 6.45) is -4.36. The molecule has 2 aromatic rings. The van der Waals surface area contributed by atoms with E-state index in [9.17, 15) is 26.7 Å². The number of halogens is 5. The minimum Gasteiger partial charge on any atom is -0.321 e. The van der Waals surface area contributed by atoms with E-state index in [4.69, 9.17) is 0 Å². The predicted molar refractivity (Wildman–Crippen MR) is 77.5 cm³/mol. The van der Waals surface area contributed by atoms with E-state index in [-0.39, 0.29) is 10.6 Å². The molecule has 0 atom stereocenters. The Kier molecular flexibility index (Phi) is 5.25. The van der Waals surface area contributed by atoms with Crippen LogP contribution >= 0.6 is 11.8 Å². The lowest BCUT2D eigenvalue weighted by atomic mass is 10.2. The molecule has 0 aliphatic carbocycles. The van der Waals surface area contributed by atoms with Crippen LogP contribution in [0.2, 0.25) is 0 Å². The van der Waals surface area contributed by atoms with E-state index >= 15 is 0 Å². The molecule has 23 heavy (non-hydrogen) atoms. The quantitative estimate of drug-likeness (QED) is 0.631. The summed E-state index contributed by atoms with van der Waals surface area (Å²) >= 11 is 0.504. The Hall–Kier alpha value is -2.09. The highest BCUT2D eigenvalue weighted by atomic mass is 32.2. The molecule has 0 radical (unpaired) electrons. The molecular formula is C15H10F5NOS. The van der Waals surface area contributed by atoms with Gasteiger partial charge in [-0.1, -0.05) is 12.1 Å². The van der Waals surface area contributed by atoms with Gasteiger partial charge in [-0.2, -0.15) is 13.2 Å². The molecule has 0 spiro atoms. The smallest absolute Gasteiger partial charge is 0.321 e. The minimum absolute atomic E-state index is 0.121. The fourth-order valence-corrected chi connectivity index (χ4v) is 2.49. The number of hydrogen-bond acceptors (Lipinski definition) is 2. The van der Waals surface area contributed by atoms with E-state index in [0.29, 0.717) is 17.8 Å². The molecule has 0 saturated carbocycles. The number of carbonyl (C=O) groups is 1. The lowest BCUT2D eigenvalue weighted by Gasteiger charge is -2.12. The fourth-order valence-electron chi connectivity index (χ4n) is 1.72. The van der Waals surface area contributed by atoms with Gasteiger partial charge in [0.05, 0.1) is 17.0 Å². The van der Waals surface area contributed by atoms with Crippen LogP contribution in [0.5, 0.6) is 0 Å². The molecule has 0 aromatic heterocycles. The van der Waals surface area contributed by atoms with E-state index in [1.165, 1.54) is 24.3 Å². The summed E-state index contributed by atoms with van der Waals surface area (Å²) in [5.74, 6) is -3.88. The Morgan fingerprint density at radius 1 is 1.09 bits per heavy atom. The summed E-state index contributed by atoms with van der Waals surface area (Å²) in [7, 11) is 0. The SMILES string of the molecule is O=C(Nc1ccccc1SCC(F)(F)F)c1ccc(F)cc1F. The van der Waals surface area contributed by atoms with Crippen LogP contribution in [0.1, 0.15) is 10.4 Å². The van der Waals surface area contributed by atoms with Gasteiger partial charge >= 0.3 is 6.18 Å². The van der Waals surface area contributed by atoms with E-state index < -0.39 is 35.0 Å². The van der Waals surface area contributed by atoms with Crippen LogP contribution in [-0.4, -0.2) is 17.8 Å². The number of benzene rings is 2. The molecule has 122 valence electrons. The van der Waals surface area contributed by atoms with Gasteiger partial charge in [0.2, 0.25) is 0 Å². The highest BCUT2D eigenvalue weighted by molar-refractivity contribution is 7.99. The zero-order valence-corrected chi connectivity index (χ0v) is 12.3. The predicted octanol–water partition coefficient (Wildman–Crippen LogP) is 4.87. The van der Waals surface area contributed by atoms with Crippen molar-refractivity contribution in [2.75, 3.05) is 11.1 Å². The lowest BCUT2D eigenvalue weighted by Crippen LogP contribution is -2.15. The highest BCUT2D eigenvalue weighted by Crippen LogP contribution is 2.32. The minimum atomic E-state index is -4.36. The molecule has 2 rings (SSSR count). The number of hydrogen-bond donors (Lipinski definition) is 1. The van der Waals surface area contributed by atoms with Gasteiger partial charge in [-0.3, -0.25) is 4.79 Å². The number of thioether (sulfide) groups is 1. The maximum Gasteiger partial charge on any atom is 0.398 e. The molecule has 8 heteroatoms. The number of rotatable bonds is 4. The topological polar surface area (TPSA) is 29.1 Å². The van der Waals surface area contributed by atoms with Crippen LogP contribution in [0.25, 0.3) is 0 Å². The van der Waals surface area contributed by atoms with Crippen molar-refractivity contribution in [1.29, 1.82) is 0 Å². The van der Waals surface area contributed by atoms with Gasteiger partial charge in [-0.25, -0.2) is 8.78 Å². The second kappa shape index (κ2) is 6.99. The molecule has 0 fully saturated rings. The first-order valence-electron chi connectivity index (χ1n) is 6.31. The van der Waals surface area contributed by atoms with Crippen molar-refractivity contribution < 1.29 is 26.7 Å². The van der Waals surface area contributed by atoms with Crippen molar-refractivity contribution in [1.82, 2.24) is 0 Å². The largest absolute Gasteiger partial charge is 0.398 e. The van der Waals surface area contributed by atoms with E-state index in [1.54, 1.807) is 0 Å². The molecule has 0 heterocycles. The molecule has 0 unspecified atom stereocenters. The van der Waals surface area contributed by atoms with Crippen LogP contribution in [-0.2, 0) is 0 Å². The van der Waals surface area contributed by atoms with Gasteiger partial charge < -0.3 is 5.32 Å². The van der Waals surface area contributed by atoms with Gasteiger partial charge in [0.15, 0.2) is 0 Å². The van der Waals surface area contributed by atoms with Gasteiger partial charge in [-0.05, 0) is 24.3 Å². The molecule has 0 aliphatic heterocycles. The van der Waals surface area contributed by atoms with Gasteiger partial charge in [0.1, 0.15) is 11.6 Å². The summed E-state index contributed by atoms with van der Waals surface area (Å²) in [6.45, 7) is 0. The average molecular weight is 347 g/mol. The molecule has 1 N–H and O–H groups in total.